The van der Waals surface area contributed by atoms with Crippen molar-refractivity contribution in [2.75, 3.05) is 13.1 Å². The number of amides is 1. The van der Waals surface area contributed by atoms with Crippen LogP contribution in [0.25, 0.3) is 27.7 Å². The quantitative estimate of drug-likeness (QED) is 0.495. The topological polar surface area (TPSA) is 83.9 Å². The first-order valence-electron chi connectivity index (χ1n) is 11.7. The van der Waals surface area contributed by atoms with Crippen molar-refractivity contribution in [3.05, 3.63) is 76.9 Å². The number of hydrogen-bond acceptors (Lipinski definition) is 4. The second kappa shape index (κ2) is 8.20. The van der Waals surface area contributed by atoms with Crippen molar-refractivity contribution in [2.24, 2.45) is 11.8 Å². The van der Waals surface area contributed by atoms with Crippen molar-refractivity contribution >= 4 is 16.8 Å². The first-order chi connectivity index (χ1) is 16.6. The lowest BCUT2D eigenvalue weighted by Gasteiger charge is -2.16. The van der Waals surface area contributed by atoms with Crippen LogP contribution in [0.15, 0.2) is 59.5 Å². The molecular weight excluding hydrogens is 433 g/mol. The van der Waals surface area contributed by atoms with Crippen molar-refractivity contribution < 1.29 is 9.18 Å². The molecule has 1 atom stereocenters. The monoisotopic (exact) mass is 457 g/mol. The lowest BCUT2D eigenvalue weighted by atomic mass is 10.0. The molecule has 1 N–H and O–H groups in total. The lowest BCUT2D eigenvalue weighted by molar-refractivity contribution is -0.131. The Morgan fingerprint density at radius 3 is 2.74 bits per heavy atom. The minimum Gasteiger partial charge on any atom is -0.342 e. The number of halogens is 1. The summed E-state index contributed by atoms with van der Waals surface area (Å²) in [6.45, 7) is 1.40. The molecule has 1 aliphatic carbocycles. The number of aromatic amines is 1. The number of aromatic nitrogens is 4. The second-order valence-electron chi connectivity index (χ2n) is 9.27. The first kappa shape index (κ1) is 20.8. The van der Waals surface area contributed by atoms with Crippen LogP contribution in [0.3, 0.4) is 0 Å². The van der Waals surface area contributed by atoms with Crippen LogP contribution in [-0.4, -0.2) is 43.6 Å². The van der Waals surface area contributed by atoms with E-state index in [9.17, 15) is 9.59 Å². The van der Waals surface area contributed by atoms with Crippen LogP contribution in [0.2, 0.25) is 0 Å². The third-order valence-corrected chi connectivity index (χ3v) is 6.86. The van der Waals surface area contributed by atoms with Gasteiger partial charge in [0.15, 0.2) is 0 Å². The predicted octanol–water partition coefficient (Wildman–Crippen LogP) is 3.72. The fraction of sp³-hybridized carbons (Fsp3) is 0.308. The standard InChI is InChI=1S/C26H24FN5O2/c27-21-14-19(18-5-7-22-20(13-18)2-1-10-28-22)6-8-23(21)32-24(29-30-26(32)34)12-16-9-11-31(15-16)25(33)17-3-4-17/h1-2,5-8,10,13-14,16-17H,3-4,9,11-12,15H2,(H,30,34). The van der Waals surface area contributed by atoms with Gasteiger partial charge in [-0.15, -0.1) is 0 Å². The minimum absolute atomic E-state index is 0.170. The molecule has 7 nitrogen and oxygen atoms in total. The van der Waals surface area contributed by atoms with E-state index in [4.69, 9.17) is 0 Å². The van der Waals surface area contributed by atoms with Gasteiger partial charge in [-0.2, -0.15) is 5.10 Å². The summed E-state index contributed by atoms with van der Waals surface area (Å²) in [6, 6.07) is 14.5. The highest BCUT2D eigenvalue weighted by Gasteiger charge is 2.37. The number of hydrogen-bond donors (Lipinski definition) is 1. The molecule has 172 valence electrons. The van der Waals surface area contributed by atoms with E-state index in [0.717, 1.165) is 47.8 Å². The molecule has 0 radical (unpaired) electrons. The Morgan fingerprint density at radius 2 is 1.91 bits per heavy atom. The van der Waals surface area contributed by atoms with Gasteiger partial charge in [0.1, 0.15) is 11.6 Å². The summed E-state index contributed by atoms with van der Waals surface area (Å²) in [5, 5.41) is 7.62. The van der Waals surface area contributed by atoms with Crippen LogP contribution in [0.5, 0.6) is 0 Å². The van der Waals surface area contributed by atoms with Gasteiger partial charge in [-0.25, -0.2) is 18.9 Å². The number of rotatable bonds is 5. The van der Waals surface area contributed by atoms with Gasteiger partial charge in [0, 0.05) is 37.0 Å². The maximum atomic E-state index is 15.3. The molecule has 1 saturated heterocycles. The molecule has 0 spiro atoms. The van der Waals surface area contributed by atoms with Gasteiger partial charge < -0.3 is 4.90 Å². The van der Waals surface area contributed by atoms with Gasteiger partial charge in [-0.3, -0.25) is 9.78 Å². The Morgan fingerprint density at radius 1 is 1.09 bits per heavy atom. The average molecular weight is 458 g/mol. The fourth-order valence-corrected chi connectivity index (χ4v) is 4.88. The predicted molar refractivity (Wildman–Crippen MR) is 126 cm³/mol. The van der Waals surface area contributed by atoms with Crippen LogP contribution in [0, 0.1) is 17.7 Å². The van der Waals surface area contributed by atoms with Gasteiger partial charge in [-0.1, -0.05) is 18.2 Å². The van der Waals surface area contributed by atoms with Gasteiger partial charge >= 0.3 is 5.69 Å². The molecule has 2 fully saturated rings. The second-order valence-corrected chi connectivity index (χ2v) is 9.27. The molecule has 1 saturated carbocycles. The summed E-state index contributed by atoms with van der Waals surface area (Å²) in [5.74, 6) is 0.636. The van der Waals surface area contributed by atoms with Crippen LogP contribution < -0.4 is 5.69 Å². The number of benzene rings is 2. The van der Waals surface area contributed by atoms with E-state index in [0.29, 0.717) is 18.8 Å². The number of pyridine rings is 1. The summed E-state index contributed by atoms with van der Waals surface area (Å²) in [5.41, 5.74) is 2.17. The minimum atomic E-state index is -0.495. The molecule has 0 bridgehead atoms. The highest BCUT2D eigenvalue weighted by atomic mass is 19.1. The van der Waals surface area contributed by atoms with Crippen molar-refractivity contribution in [1.82, 2.24) is 24.6 Å². The van der Waals surface area contributed by atoms with Crippen molar-refractivity contribution in [3.8, 4) is 16.8 Å². The van der Waals surface area contributed by atoms with E-state index in [1.807, 2.05) is 41.3 Å². The van der Waals surface area contributed by atoms with Crippen molar-refractivity contribution in [1.29, 1.82) is 0 Å². The number of fused-ring (bicyclic) bond motifs is 1. The molecule has 2 aromatic heterocycles. The SMILES string of the molecule is O=C(C1CC1)N1CCC(Cc2n[nH]c(=O)n2-c2ccc(-c3ccc4ncccc4c3)cc2F)C1. The zero-order valence-corrected chi connectivity index (χ0v) is 18.6. The molecule has 4 aromatic rings. The van der Waals surface area contributed by atoms with Crippen LogP contribution in [0.4, 0.5) is 4.39 Å². The molecule has 1 amide bonds. The third-order valence-electron chi connectivity index (χ3n) is 6.86. The van der Waals surface area contributed by atoms with E-state index >= 15 is 4.39 Å². The van der Waals surface area contributed by atoms with Crippen molar-refractivity contribution in [2.45, 2.75) is 25.7 Å². The van der Waals surface area contributed by atoms with Gasteiger partial charge in [-0.05, 0) is 66.6 Å². The molecule has 1 unspecified atom stereocenters. The Hall–Kier alpha value is -3.81. The maximum Gasteiger partial charge on any atom is 0.348 e. The maximum absolute atomic E-state index is 15.3. The molecular formula is C26H24FN5O2. The van der Waals surface area contributed by atoms with E-state index in [1.165, 1.54) is 10.6 Å². The number of carbonyl (C=O) groups is 1. The fourth-order valence-electron chi connectivity index (χ4n) is 4.88. The Balaban J connectivity index is 1.26. The highest BCUT2D eigenvalue weighted by molar-refractivity contribution is 5.84. The number of likely N-dealkylation sites (tertiary alicyclic amines) is 1. The van der Waals surface area contributed by atoms with Gasteiger partial charge in [0.05, 0.1) is 11.2 Å². The number of H-pyrrole nitrogens is 1. The molecule has 2 aromatic carbocycles. The van der Waals surface area contributed by atoms with Crippen molar-refractivity contribution in [3.63, 3.8) is 0 Å². The van der Waals surface area contributed by atoms with E-state index in [2.05, 4.69) is 15.2 Å². The lowest BCUT2D eigenvalue weighted by Crippen LogP contribution is -2.30. The van der Waals surface area contributed by atoms with Crippen LogP contribution in [0.1, 0.15) is 25.1 Å². The first-order valence-corrected chi connectivity index (χ1v) is 11.7. The summed E-state index contributed by atoms with van der Waals surface area (Å²) in [4.78, 5) is 31.2. The van der Waals surface area contributed by atoms with E-state index < -0.39 is 11.5 Å². The average Bonchev–Trinajstić information content (AvgIpc) is 3.50. The number of nitrogens with zero attached hydrogens (tertiary/aromatic N) is 4. The summed E-state index contributed by atoms with van der Waals surface area (Å²) in [7, 11) is 0. The van der Waals surface area contributed by atoms with Crippen LogP contribution in [-0.2, 0) is 11.2 Å². The van der Waals surface area contributed by atoms with E-state index in [-0.39, 0.29) is 23.4 Å². The molecule has 3 heterocycles. The zero-order chi connectivity index (χ0) is 23.2. The molecule has 34 heavy (non-hydrogen) atoms. The largest absolute Gasteiger partial charge is 0.348 e. The third kappa shape index (κ3) is 3.79. The molecule has 1 aliphatic heterocycles. The zero-order valence-electron chi connectivity index (χ0n) is 18.6. The summed E-state index contributed by atoms with van der Waals surface area (Å²) < 4.78 is 16.6. The number of nitrogens with one attached hydrogen (secondary N) is 1. The Labute approximate surface area is 195 Å². The summed E-state index contributed by atoms with van der Waals surface area (Å²) >= 11 is 0. The molecule has 2 aliphatic rings. The molecule has 6 rings (SSSR count). The highest BCUT2D eigenvalue weighted by Crippen LogP contribution is 2.33. The van der Waals surface area contributed by atoms with Gasteiger partial charge in [0.2, 0.25) is 5.91 Å². The van der Waals surface area contributed by atoms with E-state index in [1.54, 1.807) is 12.3 Å². The van der Waals surface area contributed by atoms with Crippen LogP contribution >= 0.6 is 0 Å². The number of carbonyl (C=O) groups excluding carboxylic acids is 1. The Bertz CT molecular complexity index is 1460. The Kier molecular flexibility index (Phi) is 5.01. The smallest absolute Gasteiger partial charge is 0.342 e. The van der Waals surface area contributed by atoms with Gasteiger partial charge in [0.25, 0.3) is 0 Å². The normalized spacial score (nSPS) is 18.0. The summed E-state index contributed by atoms with van der Waals surface area (Å²) in [6.07, 6.45) is 5.09. The molecule has 8 heteroatoms.